The van der Waals surface area contributed by atoms with Crippen molar-refractivity contribution in [3.63, 3.8) is 0 Å². The zero-order chi connectivity index (χ0) is 11.2. The van der Waals surface area contributed by atoms with Crippen LogP contribution in [0.5, 0.6) is 0 Å². The Hall–Kier alpha value is -0.120. The van der Waals surface area contributed by atoms with E-state index in [0.29, 0.717) is 0 Å². The molecule has 0 radical (unpaired) electrons. The Balaban J connectivity index is 1.48. The van der Waals surface area contributed by atoms with Gasteiger partial charge in [-0.2, -0.15) is 0 Å². The number of ether oxygens (including phenoxy) is 1. The molecule has 0 amide bonds. The fraction of sp³-hybridized carbons (Fsp3) is 1.00. The smallest absolute Gasteiger partial charge is 0.0594 e. The molecule has 1 aliphatic carbocycles. The van der Waals surface area contributed by atoms with Gasteiger partial charge in [0.25, 0.3) is 0 Å². The van der Waals surface area contributed by atoms with Crippen molar-refractivity contribution in [1.82, 2.24) is 10.2 Å². The highest BCUT2D eigenvalue weighted by molar-refractivity contribution is 4.78. The van der Waals surface area contributed by atoms with Gasteiger partial charge in [0.15, 0.2) is 0 Å². The third-order valence-corrected chi connectivity index (χ3v) is 3.88. The van der Waals surface area contributed by atoms with Crippen LogP contribution in [0.15, 0.2) is 0 Å². The fourth-order valence-corrected chi connectivity index (χ4v) is 2.83. The van der Waals surface area contributed by atoms with Gasteiger partial charge in [0.05, 0.1) is 13.2 Å². The van der Waals surface area contributed by atoms with E-state index in [2.05, 4.69) is 17.1 Å². The number of morpholine rings is 1. The topological polar surface area (TPSA) is 24.5 Å². The van der Waals surface area contributed by atoms with Gasteiger partial charge in [-0.25, -0.2) is 0 Å². The predicted molar refractivity (Wildman–Crippen MR) is 66.7 cm³/mol. The number of nitrogens with one attached hydrogen (secondary N) is 1. The monoisotopic (exact) mass is 226 g/mol. The summed E-state index contributed by atoms with van der Waals surface area (Å²) in [6.07, 6.45) is 5.47. The fourth-order valence-electron chi connectivity index (χ4n) is 2.83. The molecule has 0 spiro atoms. The Bertz CT molecular complexity index is 186. The molecule has 3 nitrogen and oxygen atoms in total. The number of nitrogens with zero attached hydrogens (tertiary/aromatic N) is 1. The predicted octanol–water partition coefficient (Wildman–Crippen LogP) is 1.49. The van der Waals surface area contributed by atoms with E-state index < -0.39 is 0 Å². The molecule has 1 N–H and O–H groups in total. The van der Waals surface area contributed by atoms with E-state index in [-0.39, 0.29) is 0 Å². The van der Waals surface area contributed by atoms with Gasteiger partial charge in [0, 0.05) is 19.1 Å². The minimum Gasteiger partial charge on any atom is -0.379 e. The van der Waals surface area contributed by atoms with Crippen LogP contribution in [0.4, 0.5) is 0 Å². The van der Waals surface area contributed by atoms with Crippen molar-refractivity contribution in [1.29, 1.82) is 0 Å². The summed E-state index contributed by atoms with van der Waals surface area (Å²) in [5.74, 6) is 0.941. The van der Waals surface area contributed by atoms with Crippen LogP contribution in [0.1, 0.15) is 32.6 Å². The average molecular weight is 226 g/mol. The van der Waals surface area contributed by atoms with Gasteiger partial charge in [-0.15, -0.1) is 0 Å². The maximum atomic E-state index is 5.34. The van der Waals surface area contributed by atoms with Crippen molar-refractivity contribution in [2.75, 3.05) is 39.4 Å². The van der Waals surface area contributed by atoms with Crippen LogP contribution in [-0.2, 0) is 4.74 Å². The second-order valence-electron chi connectivity index (χ2n) is 5.38. The summed E-state index contributed by atoms with van der Waals surface area (Å²) in [5, 5.41) is 3.69. The molecule has 16 heavy (non-hydrogen) atoms. The lowest BCUT2D eigenvalue weighted by Crippen LogP contribution is -2.38. The van der Waals surface area contributed by atoms with E-state index in [1.807, 2.05) is 0 Å². The molecule has 2 fully saturated rings. The van der Waals surface area contributed by atoms with E-state index in [4.69, 9.17) is 4.74 Å². The Labute approximate surface area is 99.5 Å². The maximum Gasteiger partial charge on any atom is 0.0594 e. The van der Waals surface area contributed by atoms with Crippen molar-refractivity contribution >= 4 is 0 Å². The van der Waals surface area contributed by atoms with E-state index in [9.17, 15) is 0 Å². The van der Waals surface area contributed by atoms with Gasteiger partial charge in [-0.3, -0.25) is 4.90 Å². The molecular formula is C13H26N2O. The highest BCUT2D eigenvalue weighted by atomic mass is 16.5. The molecule has 3 heteroatoms. The van der Waals surface area contributed by atoms with E-state index in [1.54, 1.807) is 0 Å². The normalized spacial score (nSPS) is 32.1. The minimum atomic E-state index is 0.805. The van der Waals surface area contributed by atoms with Gasteiger partial charge in [-0.05, 0) is 44.7 Å². The number of hydrogen-bond donors (Lipinski definition) is 1. The van der Waals surface area contributed by atoms with Crippen molar-refractivity contribution < 1.29 is 4.74 Å². The number of rotatable bonds is 5. The van der Waals surface area contributed by atoms with Gasteiger partial charge in [-0.1, -0.05) is 6.92 Å². The maximum absolute atomic E-state index is 5.34. The Morgan fingerprint density at radius 3 is 2.75 bits per heavy atom. The molecule has 1 heterocycles. The zero-order valence-corrected chi connectivity index (χ0v) is 10.6. The first-order chi connectivity index (χ1) is 7.84. The van der Waals surface area contributed by atoms with Crippen LogP contribution in [0, 0.1) is 5.92 Å². The van der Waals surface area contributed by atoms with Crippen LogP contribution >= 0.6 is 0 Å². The van der Waals surface area contributed by atoms with Crippen LogP contribution in [0.2, 0.25) is 0 Å². The quantitative estimate of drug-likeness (QED) is 0.719. The molecule has 2 unspecified atom stereocenters. The minimum absolute atomic E-state index is 0.805. The molecular weight excluding hydrogens is 200 g/mol. The Morgan fingerprint density at radius 1 is 1.25 bits per heavy atom. The molecule has 0 bridgehead atoms. The molecule has 1 aliphatic heterocycles. The summed E-state index contributed by atoms with van der Waals surface area (Å²) in [5.41, 5.74) is 0. The molecule has 2 atom stereocenters. The van der Waals surface area contributed by atoms with Gasteiger partial charge >= 0.3 is 0 Å². The summed E-state index contributed by atoms with van der Waals surface area (Å²) in [4.78, 5) is 2.52. The molecule has 1 saturated carbocycles. The second kappa shape index (κ2) is 6.58. The van der Waals surface area contributed by atoms with Crippen molar-refractivity contribution in [2.45, 2.75) is 38.6 Å². The molecule has 0 aromatic heterocycles. The number of hydrogen-bond acceptors (Lipinski definition) is 3. The summed E-state index contributed by atoms with van der Waals surface area (Å²) in [6.45, 7) is 8.89. The second-order valence-corrected chi connectivity index (χ2v) is 5.38. The van der Waals surface area contributed by atoms with E-state index >= 15 is 0 Å². The first-order valence-electron chi connectivity index (χ1n) is 6.88. The summed E-state index contributed by atoms with van der Waals surface area (Å²) in [6, 6.07) is 0.805. The molecule has 1 saturated heterocycles. The summed E-state index contributed by atoms with van der Waals surface area (Å²) >= 11 is 0. The van der Waals surface area contributed by atoms with Gasteiger partial charge < -0.3 is 10.1 Å². The molecule has 2 aliphatic rings. The highest BCUT2D eigenvalue weighted by Gasteiger charge is 2.20. The molecule has 94 valence electrons. The lowest BCUT2D eigenvalue weighted by molar-refractivity contribution is 0.0374. The molecule has 0 aromatic carbocycles. The largest absolute Gasteiger partial charge is 0.379 e. The Kier molecular flexibility index (Phi) is 5.07. The standard InChI is InChI=1S/C13H26N2O/c1-12-3-4-13(11-12)14-5-2-6-15-7-9-16-10-8-15/h12-14H,2-11H2,1H3. The third-order valence-electron chi connectivity index (χ3n) is 3.88. The SMILES string of the molecule is CC1CCC(NCCCN2CCOCC2)C1. The van der Waals surface area contributed by atoms with Crippen molar-refractivity contribution in [2.24, 2.45) is 5.92 Å². The summed E-state index contributed by atoms with van der Waals surface area (Å²) in [7, 11) is 0. The first-order valence-corrected chi connectivity index (χ1v) is 6.88. The summed E-state index contributed by atoms with van der Waals surface area (Å²) < 4.78 is 5.34. The van der Waals surface area contributed by atoms with Crippen LogP contribution in [0.3, 0.4) is 0 Å². The Morgan fingerprint density at radius 2 is 2.06 bits per heavy atom. The lowest BCUT2D eigenvalue weighted by Gasteiger charge is -2.26. The van der Waals surface area contributed by atoms with Crippen LogP contribution in [0.25, 0.3) is 0 Å². The lowest BCUT2D eigenvalue weighted by atomic mass is 10.1. The van der Waals surface area contributed by atoms with E-state index in [0.717, 1.165) is 38.3 Å². The first kappa shape index (κ1) is 12.3. The van der Waals surface area contributed by atoms with Gasteiger partial charge in [0.2, 0.25) is 0 Å². The average Bonchev–Trinajstić information content (AvgIpc) is 2.72. The van der Waals surface area contributed by atoms with Gasteiger partial charge in [0.1, 0.15) is 0 Å². The van der Waals surface area contributed by atoms with E-state index in [1.165, 1.54) is 38.8 Å². The zero-order valence-electron chi connectivity index (χ0n) is 10.6. The third kappa shape index (κ3) is 4.04. The molecule has 0 aromatic rings. The van der Waals surface area contributed by atoms with Crippen LogP contribution < -0.4 is 5.32 Å². The molecule has 2 rings (SSSR count). The van der Waals surface area contributed by atoms with Crippen LogP contribution in [-0.4, -0.2) is 50.3 Å². The highest BCUT2D eigenvalue weighted by Crippen LogP contribution is 2.24. The van der Waals surface area contributed by atoms with Crippen molar-refractivity contribution in [3.8, 4) is 0 Å². The van der Waals surface area contributed by atoms with Crippen molar-refractivity contribution in [3.05, 3.63) is 0 Å².